The summed E-state index contributed by atoms with van der Waals surface area (Å²) in [4.78, 5) is 0. The Bertz CT molecular complexity index is 385. The van der Waals surface area contributed by atoms with E-state index in [0.717, 1.165) is 0 Å². The minimum absolute atomic E-state index is 0.00257. The first-order chi connectivity index (χ1) is 6.96. The Kier molecular flexibility index (Phi) is 3.35. The summed E-state index contributed by atoms with van der Waals surface area (Å²) in [6.45, 7) is 0. The zero-order valence-electron chi connectivity index (χ0n) is 7.74. The monoisotopic (exact) mass is 216 g/mol. The molecule has 0 fully saturated rings. The van der Waals surface area contributed by atoms with Gasteiger partial charge in [0.05, 0.1) is 5.56 Å². The van der Waals surface area contributed by atoms with E-state index in [0.29, 0.717) is 6.07 Å². The molecule has 0 aliphatic carbocycles. The molecule has 0 aromatic heterocycles. The third kappa shape index (κ3) is 2.72. The molecule has 0 heterocycles. The van der Waals surface area contributed by atoms with Crippen LogP contribution in [0.1, 0.15) is 17.5 Å². The Labute approximate surface area is 84.9 Å². The molecule has 80 valence electrons. The average molecular weight is 216 g/mol. The van der Waals surface area contributed by atoms with Crippen molar-refractivity contribution in [3.8, 4) is 12.3 Å². The van der Waals surface area contributed by atoms with E-state index in [1.807, 2.05) is 0 Å². The molecule has 0 N–H and O–H groups in total. The quantitative estimate of drug-likeness (QED) is 0.525. The second-order valence-electron chi connectivity index (χ2n) is 2.98. The van der Waals surface area contributed by atoms with Gasteiger partial charge in [0.2, 0.25) is 0 Å². The highest BCUT2D eigenvalue weighted by Crippen LogP contribution is 2.32. The number of hydrogen-bond acceptors (Lipinski definition) is 0. The first-order valence-electron chi connectivity index (χ1n) is 4.25. The van der Waals surface area contributed by atoms with E-state index in [-0.39, 0.29) is 18.4 Å². The number of alkyl halides is 3. The van der Waals surface area contributed by atoms with Gasteiger partial charge in [-0.3, -0.25) is 0 Å². The molecule has 4 heteroatoms. The summed E-state index contributed by atoms with van der Waals surface area (Å²) in [5.74, 6) is 1.03. The Morgan fingerprint density at radius 3 is 2.47 bits per heavy atom. The Morgan fingerprint density at radius 2 is 1.93 bits per heavy atom. The smallest absolute Gasteiger partial charge is 0.206 e. The molecule has 0 aliphatic heterocycles. The summed E-state index contributed by atoms with van der Waals surface area (Å²) in [5.41, 5.74) is -1.24. The van der Waals surface area contributed by atoms with Crippen molar-refractivity contribution in [2.45, 2.75) is 19.0 Å². The lowest BCUT2D eigenvalue weighted by Gasteiger charge is -2.10. The van der Waals surface area contributed by atoms with E-state index in [1.165, 1.54) is 12.1 Å². The summed E-state index contributed by atoms with van der Waals surface area (Å²) in [5, 5.41) is 0. The number of aryl methyl sites for hydroxylation is 1. The molecule has 0 radical (unpaired) electrons. The minimum atomic E-state index is -4.66. The molecule has 0 saturated carbocycles. The fraction of sp³-hybridized carbons (Fsp3) is 0.273. The van der Waals surface area contributed by atoms with Gasteiger partial charge >= 0.3 is 6.18 Å². The molecule has 0 aliphatic rings. The van der Waals surface area contributed by atoms with Crippen molar-refractivity contribution in [1.29, 1.82) is 0 Å². The molecule has 0 unspecified atom stereocenters. The van der Waals surface area contributed by atoms with Gasteiger partial charge in [0, 0.05) is 6.42 Å². The highest BCUT2D eigenvalue weighted by molar-refractivity contribution is 5.28. The Balaban J connectivity index is 3.07. The van der Waals surface area contributed by atoms with E-state index in [2.05, 4.69) is 5.92 Å². The van der Waals surface area contributed by atoms with Gasteiger partial charge in [-0.15, -0.1) is 12.3 Å². The predicted octanol–water partition coefficient (Wildman–Crippen LogP) is 3.41. The lowest BCUT2D eigenvalue weighted by Crippen LogP contribution is -2.09. The summed E-state index contributed by atoms with van der Waals surface area (Å²) in [7, 11) is 0. The number of hydrogen-bond donors (Lipinski definition) is 0. The second-order valence-corrected chi connectivity index (χ2v) is 2.98. The van der Waals surface area contributed by atoms with Crippen molar-refractivity contribution < 1.29 is 17.6 Å². The molecular formula is C11H8F4. The van der Waals surface area contributed by atoms with E-state index in [9.17, 15) is 17.6 Å². The topological polar surface area (TPSA) is 0 Å². The van der Waals surface area contributed by atoms with Gasteiger partial charge in [-0.05, 0) is 18.1 Å². The Hall–Kier alpha value is -1.50. The molecule has 1 aromatic rings. The molecule has 0 bridgehead atoms. The standard InChI is InChI=1S/C11H8F4/c1-2-3-5-8-6-4-7-9(10(8)12)11(13,14)15/h1,4,6-7H,3,5H2. The second kappa shape index (κ2) is 4.35. The van der Waals surface area contributed by atoms with Gasteiger partial charge in [-0.2, -0.15) is 13.2 Å². The van der Waals surface area contributed by atoms with Crippen LogP contribution in [0.5, 0.6) is 0 Å². The van der Waals surface area contributed by atoms with Crippen molar-refractivity contribution in [2.75, 3.05) is 0 Å². The first-order valence-corrected chi connectivity index (χ1v) is 4.25. The molecule has 0 saturated heterocycles. The van der Waals surface area contributed by atoms with Gasteiger partial charge < -0.3 is 0 Å². The zero-order chi connectivity index (χ0) is 11.5. The number of benzene rings is 1. The van der Waals surface area contributed by atoms with Crippen LogP contribution in [-0.4, -0.2) is 0 Å². The maximum Gasteiger partial charge on any atom is 0.419 e. The van der Waals surface area contributed by atoms with Crippen LogP contribution >= 0.6 is 0 Å². The number of rotatable bonds is 2. The number of halogens is 4. The summed E-state index contributed by atoms with van der Waals surface area (Å²) < 4.78 is 50.1. The summed E-state index contributed by atoms with van der Waals surface area (Å²) in [6, 6.07) is 3.20. The van der Waals surface area contributed by atoms with Crippen LogP contribution in [0.25, 0.3) is 0 Å². The van der Waals surface area contributed by atoms with E-state index in [4.69, 9.17) is 6.42 Å². The summed E-state index contributed by atoms with van der Waals surface area (Å²) >= 11 is 0. The highest BCUT2D eigenvalue weighted by Gasteiger charge is 2.34. The van der Waals surface area contributed by atoms with Crippen LogP contribution < -0.4 is 0 Å². The fourth-order valence-electron chi connectivity index (χ4n) is 1.20. The van der Waals surface area contributed by atoms with Gasteiger partial charge in [-0.25, -0.2) is 4.39 Å². The van der Waals surface area contributed by atoms with Crippen molar-refractivity contribution in [3.05, 3.63) is 35.1 Å². The van der Waals surface area contributed by atoms with E-state index < -0.39 is 17.6 Å². The maximum atomic E-state index is 13.3. The summed E-state index contributed by atoms with van der Waals surface area (Å²) in [6.07, 6.45) is 0.637. The van der Waals surface area contributed by atoms with Crippen molar-refractivity contribution >= 4 is 0 Å². The molecule has 0 atom stereocenters. The lowest BCUT2D eigenvalue weighted by molar-refractivity contribution is -0.140. The molecule has 0 amide bonds. The van der Waals surface area contributed by atoms with Gasteiger partial charge in [0.25, 0.3) is 0 Å². The van der Waals surface area contributed by atoms with Crippen LogP contribution in [0.15, 0.2) is 18.2 Å². The Morgan fingerprint density at radius 1 is 1.27 bits per heavy atom. The molecule has 0 nitrogen and oxygen atoms in total. The van der Waals surface area contributed by atoms with Gasteiger partial charge in [0.15, 0.2) is 0 Å². The van der Waals surface area contributed by atoms with Crippen LogP contribution in [-0.2, 0) is 12.6 Å². The SMILES string of the molecule is C#CCCc1cccc(C(F)(F)F)c1F. The maximum absolute atomic E-state index is 13.3. The lowest BCUT2D eigenvalue weighted by atomic mass is 10.1. The molecular weight excluding hydrogens is 208 g/mol. The van der Waals surface area contributed by atoms with Gasteiger partial charge in [-0.1, -0.05) is 12.1 Å². The molecule has 1 rings (SSSR count). The van der Waals surface area contributed by atoms with Crippen LogP contribution in [0.2, 0.25) is 0 Å². The number of terminal acetylenes is 1. The van der Waals surface area contributed by atoms with Crippen molar-refractivity contribution in [1.82, 2.24) is 0 Å². The largest absolute Gasteiger partial charge is 0.419 e. The molecule has 15 heavy (non-hydrogen) atoms. The molecule has 0 spiro atoms. The zero-order valence-corrected chi connectivity index (χ0v) is 7.74. The van der Waals surface area contributed by atoms with Crippen LogP contribution in [0, 0.1) is 18.2 Å². The van der Waals surface area contributed by atoms with Crippen LogP contribution in [0.4, 0.5) is 17.6 Å². The minimum Gasteiger partial charge on any atom is -0.206 e. The van der Waals surface area contributed by atoms with E-state index in [1.54, 1.807) is 0 Å². The van der Waals surface area contributed by atoms with Crippen molar-refractivity contribution in [3.63, 3.8) is 0 Å². The fourth-order valence-corrected chi connectivity index (χ4v) is 1.20. The normalized spacial score (nSPS) is 11.1. The van der Waals surface area contributed by atoms with Gasteiger partial charge in [0.1, 0.15) is 5.82 Å². The third-order valence-corrected chi connectivity index (χ3v) is 1.92. The molecule has 1 aromatic carbocycles. The van der Waals surface area contributed by atoms with Crippen molar-refractivity contribution in [2.24, 2.45) is 0 Å². The third-order valence-electron chi connectivity index (χ3n) is 1.92. The highest BCUT2D eigenvalue weighted by atomic mass is 19.4. The van der Waals surface area contributed by atoms with Crippen LogP contribution in [0.3, 0.4) is 0 Å². The predicted molar refractivity (Wildman–Crippen MR) is 48.6 cm³/mol. The van der Waals surface area contributed by atoms with E-state index >= 15 is 0 Å². The average Bonchev–Trinajstić information content (AvgIpc) is 2.14. The first kappa shape index (κ1) is 11.6.